The third-order valence-electron chi connectivity index (χ3n) is 5.39. The van der Waals surface area contributed by atoms with Crippen LogP contribution in [-0.4, -0.2) is 47.5 Å². The molecule has 10 heteroatoms. The molecule has 0 aliphatic rings. The number of anilines is 3. The number of methoxy groups -OCH3 is 1. The Morgan fingerprint density at radius 2 is 1.92 bits per heavy atom. The summed E-state index contributed by atoms with van der Waals surface area (Å²) in [4.78, 5) is 22.7. The molecule has 0 spiro atoms. The molecule has 0 atom stereocenters. The Morgan fingerprint density at radius 1 is 1.19 bits per heavy atom. The van der Waals surface area contributed by atoms with Crippen molar-refractivity contribution >= 4 is 23.2 Å². The van der Waals surface area contributed by atoms with Crippen LogP contribution in [0.5, 0.6) is 17.4 Å². The Kier molecular flexibility index (Phi) is 8.19. The van der Waals surface area contributed by atoms with Gasteiger partial charge in [-0.3, -0.25) is 4.79 Å². The number of benzene rings is 2. The van der Waals surface area contributed by atoms with Gasteiger partial charge in [-0.2, -0.15) is 14.6 Å². The summed E-state index contributed by atoms with van der Waals surface area (Å²) in [5.41, 5.74) is 0.274. The van der Waals surface area contributed by atoms with E-state index in [1.54, 1.807) is 48.5 Å². The van der Waals surface area contributed by atoms with Gasteiger partial charge in [0.2, 0.25) is 11.8 Å². The summed E-state index contributed by atoms with van der Waals surface area (Å²) in [5.74, 6) is -0.642. The van der Waals surface area contributed by atoms with Crippen molar-refractivity contribution in [2.24, 2.45) is 0 Å². The molecule has 0 aliphatic carbocycles. The van der Waals surface area contributed by atoms with Gasteiger partial charge in [0.05, 0.1) is 19.0 Å². The maximum atomic E-state index is 14.2. The summed E-state index contributed by atoms with van der Waals surface area (Å²) in [6, 6.07) is 15.5. The van der Waals surface area contributed by atoms with Gasteiger partial charge >= 0.3 is 0 Å². The first-order valence-corrected chi connectivity index (χ1v) is 10.9. The van der Waals surface area contributed by atoms with Crippen molar-refractivity contribution in [3.8, 4) is 23.4 Å². The second-order valence-corrected chi connectivity index (χ2v) is 8.47. The molecule has 186 valence electrons. The van der Waals surface area contributed by atoms with Crippen molar-refractivity contribution in [3.63, 3.8) is 0 Å². The van der Waals surface area contributed by atoms with Gasteiger partial charge in [0, 0.05) is 11.2 Å². The van der Waals surface area contributed by atoms with E-state index >= 15 is 0 Å². The number of ether oxygens (including phenoxy) is 2. The van der Waals surface area contributed by atoms with Crippen molar-refractivity contribution in [1.29, 1.82) is 5.26 Å². The highest BCUT2D eigenvalue weighted by Gasteiger charge is 2.21. The number of likely N-dealkylation sites (N-methyl/N-ethyl adjacent to an activating group) is 1. The van der Waals surface area contributed by atoms with Crippen molar-refractivity contribution in [3.05, 3.63) is 72.2 Å². The molecule has 0 saturated carbocycles. The first-order valence-electron chi connectivity index (χ1n) is 10.9. The minimum atomic E-state index is -0.728. The van der Waals surface area contributed by atoms with Gasteiger partial charge in [-0.1, -0.05) is 18.2 Å². The van der Waals surface area contributed by atoms with Crippen LogP contribution in [0.25, 0.3) is 0 Å². The lowest BCUT2D eigenvalue weighted by Gasteiger charge is -2.29. The molecule has 0 unspecified atom stereocenters. The topological polar surface area (TPSA) is 112 Å². The minimum Gasteiger partial charge on any atom is -0.495 e. The Labute approximate surface area is 209 Å². The summed E-state index contributed by atoms with van der Waals surface area (Å²) in [7, 11) is 5.20. The maximum Gasteiger partial charge on any atom is 0.266 e. The average Bonchev–Trinajstić information content (AvgIpc) is 2.85. The Bertz CT molecular complexity index is 1300. The number of hydrogen-bond donors (Lipinski definition) is 2. The van der Waals surface area contributed by atoms with E-state index in [0.29, 0.717) is 22.9 Å². The zero-order valence-corrected chi connectivity index (χ0v) is 20.7. The lowest BCUT2D eigenvalue weighted by molar-refractivity contribution is -0.112. The second-order valence-electron chi connectivity index (χ2n) is 8.47. The van der Waals surface area contributed by atoms with Crippen LogP contribution in [0, 0.1) is 17.1 Å². The number of rotatable bonds is 9. The number of aromatic nitrogens is 2. The predicted molar refractivity (Wildman–Crippen MR) is 135 cm³/mol. The zero-order chi connectivity index (χ0) is 26.3. The molecule has 1 amide bonds. The summed E-state index contributed by atoms with van der Waals surface area (Å²) in [6.07, 6.45) is 2.59. The van der Waals surface area contributed by atoms with E-state index in [2.05, 4.69) is 20.6 Å². The molecule has 9 nitrogen and oxygen atoms in total. The SMILES string of the molecule is COc1ccc(NC(=O)/C(C#N)=C/C(C)(C)N(C)C)cc1Nc1ncc(F)c(Oc2ccccc2)n1. The minimum absolute atomic E-state index is 0.0244. The zero-order valence-electron chi connectivity index (χ0n) is 20.7. The van der Waals surface area contributed by atoms with E-state index in [1.807, 2.05) is 45.0 Å². The Morgan fingerprint density at radius 3 is 2.56 bits per heavy atom. The number of nitrogens with zero attached hydrogens (tertiary/aromatic N) is 4. The van der Waals surface area contributed by atoms with Crippen LogP contribution >= 0.6 is 0 Å². The summed E-state index contributed by atoms with van der Waals surface area (Å²) >= 11 is 0. The third-order valence-corrected chi connectivity index (χ3v) is 5.39. The van der Waals surface area contributed by atoms with E-state index in [9.17, 15) is 14.4 Å². The summed E-state index contributed by atoms with van der Waals surface area (Å²) in [6.45, 7) is 3.79. The quantitative estimate of drug-likeness (QED) is 0.322. The number of nitrogens with one attached hydrogen (secondary N) is 2. The number of amides is 1. The molecule has 0 aliphatic heterocycles. The van der Waals surface area contributed by atoms with Crippen LogP contribution in [-0.2, 0) is 4.79 Å². The van der Waals surface area contributed by atoms with Gasteiger partial charge in [0.15, 0.2) is 0 Å². The van der Waals surface area contributed by atoms with E-state index in [0.717, 1.165) is 6.20 Å². The maximum absolute atomic E-state index is 14.2. The van der Waals surface area contributed by atoms with Crippen LogP contribution in [0.3, 0.4) is 0 Å². The number of nitriles is 1. The fraction of sp³-hybridized carbons (Fsp3) is 0.231. The molecule has 1 aromatic heterocycles. The number of para-hydroxylation sites is 1. The van der Waals surface area contributed by atoms with Gasteiger partial charge in [0.25, 0.3) is 11.8 Å². The predicted octanol–water partition coefficient (Wildman–Crippen LogP) is 4.89. The standard InChI is InChI=1S/C26H27FN6O3/c1-26(2,33(3)4)14-17(15-28)23(34)30-18-11-12-22(35-5)21(13-18)31-25-29-16-20(27)24(32-25)36-19-9-7-6-8-10-19/h6-14,16H,1-5H3,(H,30,34)(H,29,31,32)/b17-14+. The number of carbonyl (C=O) groups excluding carboxylic acids is 1. The van der Waals surface area contributed by atoms with Crippen LogP contribution in [0.15, 0.2) is 66.4 Å². The number of carbonyl (C=O) groups is 1. The molecular formula is C26H27FN6O3. The van der Waals surface area contributed by atoms with Crippen LogP contribution in [0.1, 0.15) is 13.8 Å². The molecule has 3 aromatic rings. The molecule has 0 bridgehead atoms. The molecule has 0 saturated heterocycles. The van der Waals surface area contributed by atoms with Gasteiger partial charge < -0.3 is 25.0 Å². The first kappa shape index (κ1) is 26.1. The van der Waals surface area contributed by atoms with Crippen LogP contribution < -0.4 is 20.1 Å². The van der Waals surface area contributed by atoms with Crippen LogP contribution in [0.4, 0.5) is 21.7 Å². The van der Waals surface area contributed by atoms with Crippen molar-refractivity contribution in [2.45, 2.75) is 19.4 Å². The Hall–Kier alpha value is -4.49. The normalized spacial score (nSPS) is 11.6. The van der Waals surface area contributed by atoms with E-state index in [1.165, 1.54) is 7.11 Å². The summed E-state index contributed by atoms with van der Waals surface area (Å²) in [5, 5.41) is 15.2. The van der Waals surface area contributed by atoms with Crippen molar-refractivity contribution < 1.29 is 18.7 Å². The average molecular weight is 491 g/mol. The molecule has 0 fully saturated rings. The highest BCUT2D eigenvalue weighted by molar-refractivity contribution is 6.07. The number of hydrogen-bond acceptors (Lipinski definition) is 8. The highest BCUT2D eigenvalue weighted by atomic mass is 19.1. The highest BCUT2D eigenvalue weighted by Crippen LogP contribution is 2.31. The molecule has 2 aromatic carbocycles. The first-order chi connectivity index (χ1) is 17.1. The third kappa shape index (κ3) is 6.55. The lowest BCUT2D eigenvalue weighted by atomic mass is 10.00. The van der Waals surface area contributed by atoms with Gasteiger partial charge in [-0.05, 0) is 64.4 Å². The van der Waals surface area contributed by atoms with Gasteiger partial charge in [0.1, 0.15) is 23.1 Å². The fourth-order valence-corrected chi connectivity index (χ4v) is 2.92. The molecule has 2 N–H and O–H groups in total. The van der Waals surface area contributed by atoms with Gasteiger partial charge in [-0.15, -0.1) is 0 Å². The van der Waals surface area contributed by atoms with Crippen LogP contribution in [0.2, 0.25) is 0 Å². The van der Waals surface area contributed by atoms with Gasteiger partial charge in [-0.25, -0.2) is 4.98 Å². The molecule has 1 heterocycles. The largest absolute Gasteiger partial charge is 0.495 e. The van der Waals surface area contributed by atoms with E-state index in [-0.39, 0.29) is 17.4 Å². The smallest absolute Gasteiger partial charge is 0.266 e. The molecule has 0 radical (unpaired) electrons. The monoisotopic (exact) mass is 490 g/mol. The van der Waals surface area contributed by atoms with E-state index in [4.69, 9.17) is 9.47 Å². The molecule has 36 heavy (non-hydrogen) atoms. The fourth-order valence-electron chi connectivity index (χ4n) is 2.92. The number of halogens is 1. The van der Waals surface area contributed by atoms with Crippen molar-refractivity contribution in [2.75, 3.05) is 31.8 Å². The molecular weight excluding hydrogens is 463 g/mol. The Balaban J connectivity index is 1.84. The van der Waals surface area contributed by atoms with Crippen molar-refractivity contribution in [1.82, 2.24) is 14.9 Å². The summed E-state index contributed by atoms with van der Waals surface area (Å²) < 4.78 is 25.1. The van der Waals surface area contributed by atoms with E-state index < -0.39 is 17.3 Å². The lowest BCUT2D eigenvalue weighted by Crippen LogP contribution is -2.37. The molecule has 3 rings (SSSR count). The second kappa shape index (κ2) is 11.3.